The molecule has 1 atom stereocenters. The predicted molar refractivity (Wildman–Crippen MR) is 84.5 cm³/mol. The Bertz CT molecular complexity index is 558. The van der Waals surface area contributed by atoms with Crippen LogP contribution in [0.3, 0.4) is 0 Å². The lowest BCUT2D eigenvalue weighted by atomic mass is 9.88. The molecule has 7 heteroatoms. The molecule has 0 aliphatic rings. The van der Waals surface area contributed by atoms with Gasteiger partial charge in [-0.15, -0.1) is 0 Å². The second-order valence-electron chi connectivity index (χ2n) is 6.70. The van der Waals surface area contributed by atoms with Crippen LogP contribution in [0, 0.1) is 12.3 Å². The van der Waals surface area contributed by atoms with Crippen molar-refractivity contribution in [2.75, 3.05) is 6.54 Å². The van der Waals surface area contributed by atoms with Crippen LogP contribution in [0.2, 0.25) is 0 Å². The fourth-order valence-corrected chi connectivity index (χ4v) is 3.33. The van der Waals surface area contributed by atoms with Crippen molar-refractivity contribution in [3.8, 4) is 0 Å². The highest BCUT2D eigenvalue weighted by atomic mass is 32.2. The number of hydrogen-bond donors (Lipinski definition) is 2. The number of sulfonamides is 1. The summed E-state index contributed by atoms with van der Waals surface area (Å²) in [5.41, 5.74) is 6.05. The van der Waals surface area contributed by atoms with Gasteiger partial charge in [0.25, 0.3) is 10.0 Å². The van der Waals surface area contributed by atoms with Crippen molar-refractivity contribution in [1.29, 1.82) is 0 Å². The molecule has 1 unspecified atom stereocenters. The normalized spacial score (nSPS) is 14.4. The Hall–Kier alpha value is -0.920. The molecule has 0 aromatic carbocycles. The van der Waals surface area contributed by atoms with Crippen LogP contribution in [0.1, 0.15) is 46.4 Å². The monoisotopic (exact) mass is 316 g/mol. The Labute approximate surface area is 128 Å². The Morgan fingerprint density at radius 1 is 1.43 bits per heavy atom. The molecule has 1 aromatic heterocycles. The first-order valence-corrected chi connectivity index (χ1v) is 8.82. The molecule has 3 N–H and O–H groups in total. The van der Waals surface area contributed by atoms with Gasteiger partial charge in [0.1, 0.15) is 5.82 Å². The second-order valence-corrected chi connectivity index (χ2v) is 8.41. The maximum absolute atomic E-state index is 12.2. The zero-order valence-electron chi connectivity index (χ0n) is 13.7. The number of imidazole rings is 1. The quantitative estimate of drug-likeness (QED) is 0.800. The van der Waals surface area contributed by atoms with Crippen LogP contribution < -0.4 is 10.5 Å². The van der Waals surface area contributed by atoms with Gasteiger partial charge in [0, 0.05) is 25.3 Å². The molecule has 0 aliphatic heterocycles. The van der Waals surface area contributed by atoms with Gasteiger partial charge < -0.3 is 10.3 Å². The summed E-state index contributed by atoms with van der Waals surface area (Å²) in [4.78, 5) is 4.13. The third kappa shape index (κ3) is 5.76. The molecule has 0 spiro atoms. The largest absolute Gasteiger partial charge is 0.334 e. The maximum Gasteiger partial charge on any atom is 0.259 e. The van der Waals surface area contributed by atoms with Crippen LogP contribution in [0.15, 0.2) is 11.2 Å². The van der Waals surface area contributed by atoms with Crippen LogP contribution in [0.4, 0.5) is 0 Å². The molecule has 0 saturated carbocycles. The summed E-state index contributed by atoms with van der Waals surface area (Å²) in [6.45, 7) is 11.1. The average Bonchev–Trinajstić information content (AvgIpc) is 2.68. The van der Waals surface area contributed by atoms with Gasteiger partial charge in [0.15, 0.2) is 5.03 Å². The zero-order chi connectivity index (χ0) is 16.3. The number of nitrogens with one attached hydrogen (secondary N) is 1. The van der Waals surface area contributed by atoms with Crippen molar-refractivity contribution in [3.63, 3.8) is 0 Å². The summed E-state index contributed by atoms with van der Waals surface area (Å²) in [5.74, 6) is 0.705. The molecule has 1 rings (SSSR count). The molecule has 1 aromatic rings. The number of aryl methyl sites for hydroxylation is 2. The number of rotatable bonds is 7. The van der Waals surface area contributed by atoms with Gasteiger partial charge in [0.05, 0.1) is 0 Å². The van der Waals surface area contributed by atoms with Gasteiger partial charge in [-0.05, 0) is 25.2 Å². The van der Waals surface area contributed by atoms with E-state index >= 15 is 0 Å². The molecule has 0 saturated heterocycles. The van der Waals surface area contributed by atoms with Gasteiger partial charge in [-0.25, -0.2) is 18.1 Å². The smallest absolute Gasteiger partial charge is 0.259 e. The van der Waals surface area contributed by atoms with Crippen molar-refractivity contribution in [2.45, 2.75) is 65.1 Å². The van der Waals surface area contributed by atoms with Crippen molar-refractivity contribution in [1.82, 2.24) is 14.3 Å². The first-order chi connectivity index (χ1) is 9.55. The predicted octanol–water partition coefficient (Wildman–Crippen LogP) is 1.64. The van der Waals surface area contributed by atoms with Crippen molar-refractivity contribution < 1.29 is 8.42 Å². The van der Waals surface area contributed by atoms with Crippen LogP contribution in [-0.4, -0.2) is 30.6 Å². The van der Waals surface area contributed by atoms with E-state index < -0.39 is 10.0 Å². The van der Waals surface area contributed by atoms with Crippen molar-refractivity contribution in [3.05, 3.63) is 12.0 Å². The number of nitrogens with zero attached hydrogens (tertiary/aromatic N) is 2. The molecule has 6 nitrogen and oxygen atoms in total. The average molecular weight is 316 g/mol. The van der Waals surface area contributed by atoms with Gasteiger partial charge in [0.2, 0.25) is 0 Å². The molecule has 0 fully saturated rings. The SMILES string of the molecule is CCCn1cc(S(=O)(=O)NCC(N)CC(C)(C)C)nc1C. The third-order valence-electron chi connectivity index (χ3n) is 3.10. The topological polar surface area (TPSA) is 90.0 Å². The molecular weight excluding hydrogens is 288 g/mol. The van der Waals surface area contributed by atoms with E-state index in [0.717, 1.165) is 19.4 Å². The van der Waals surface area contributed by atoms with E-state index in [9.17, 15) is 8.42 Å². The van der Waals surface area contributed by atoms with Gasteiger partial charge in [-0.1, -0.05) is 27.7 Å². The molecule has 21 heavy (non-hydrogen) atoms. The van der Waals surface area contributed by atoms with Crippen LogP contribution >= 0.6 is 0 Å². The second kappa shape index (κ2) is 6.89. The van der Waals surface area contributed by atoms with Gasteiger partial charge in [-0.2, -0.15) is 0 Å². The summed E-state index contributed by atoms with van der Waals surface area (Å²) >= 11 is 0. The number of nitrogens with two attached hydrogens (primary N) is 1. The summed E-state index contributed by atoms with van der Waals surface area (Å²) in [6, 6.07) is -0.210. The highest BCUT2D eigenvalue weighted by Gasteiger charge is 2.21. The minimum absolute atomic E-state index is 0.0661. The molecule has 122 valence electrons. The summed E-state index contributed by atoms with van der Waals surface area (Å²) < 4.78 is 28.9. The van der Waals surface area contributed by atoms with Gasteiger partial charge >= 0.3 is 0 Å². The Morgan fingerprint density at radius 3 is 2.57 bits per heavy atom. The zero-order valence-corrected chi connectivity index (χ0v) is 14.5. The lowest BCUT2D eigenvalue weighted by Crippen LogP contribution is -2.39. The molecule has 0 bridgehead atoms. The molecular formula is C14H28N4O2S. The third-order valence-corrected chi connectivity index (χ3v) is 4.40. The lowest BCUT2D eigenvalue weighted by Gasteiger charge is -2.23. The number of aromatic nitrogens is 2. The maximum atomic E-state index is 12.2. The molecule has 0 amide bonds. The lowest BCUT2D eigenvalue weighted by molar-refractivity contribution is 0.338. The highest BCUT2D eigenvalue weighted by Crippen LogP contribution is 2.19. The molecule has 1 heterocycles. The summed E-state index contributed by atoms with van der Waals surface area (Å²) in [7, 11) is -3.59. The number of hydrogen-bond acceptors (Lipinski definition) is 4. The van der Waals surface area contributed by atoms with E-state index in [1.165, 1.54) is 0 Å². The Balaban J connectivity index is 2.71. The van der Waals surface area contributed by atoms with Crippen molar-refractivity contribution >= 4 is 10.0 Å². The van der Waals surface area contributed by atoms with E-state index in [1.54, 1.807) is 13.1 Å². The standard InChI is InChI=1S/C14H28N4O2S/c1-6-7-18-10-13(17-11(18)2)21(19,20)16-9-12(15)8-14(3,4)5/h10,12,16H,6-9,15H2,1-5H3. The summed E-state index contributed by atoms with van der Waals surface area (Å²) in [6.07, 6.45) is 3.26. The highest BCUT2D eigenvalue weighted by molar-refractivity contribution is 7.89. The molecule has 0 aliphatic carbocycles. The first-order valence-electron chi connectivity index (χ1n) is 7.34. The van der Waals surface area contributed by atoms with E-state index in [2.05, 4.69) is 30.5 Å². The van der Waals surface area contributed by atoms with Crippen LogP contribution in [-0.2, 0) is 16.6 Å². The van der Waals surface area contributed by atoms with Crippen molar-refractivity contribution in [2.24, 2.45) is 11.1 Å². The van der Waals surface area contributed by atoms with Gasteiger partial charge in [-0.3, -0.25) is 0 Å². The van der Waals surface area contributed by atoms with E-state index in [4.69, 9.17) is 5.73 Å². The van der Waals surface area contributed by atoms with E-state index in [-0.39, 0.29) is 23.0 Å². The van der Waals surface area contributed by atoms with Crippen LogP contribution in [0.25, 0.3) is 0 Å². The minimum atomic E-state index is -3.59. The summed E-state index contributed by atoms with van der Waals surface area (Å²) in [5, 5.41) is 0.0661. The van der Waals surface area contributed by atoms with Crippen LogP contribution in [0.5, 0.6) is 0 Å². The minimum Gasteiger partial charge on any atom is -0.334 e. The van der Waals surface area contributed by atoms with E-state index in [1.807, 2.05) is 11.5 Å². The fourth-order valence-electron chi connectivity index (χ4n) is 2.23. The molecule has 0 radical (unpaired) electrons. The first kappa shape index (κ1) is 18.1. The Morgan fingerprint density at radius 2 is 2.05 bits per heavy atom. The fraction of sp³-hybridized carbons (Fsp3) is 0.786. The van der Waals surface area contributed by atoms with E-state index in [0.29, 0.717) is 5.82 Å². The Kier molecular flexibility index (Phi) is 5.95.